The Morgan fingerprint density at radius 2 is 1.86 bits per heavy atom. The van der Waals surface area contributed by atoms with Gasteiger partial charge in [0.15, 0.2) is 9.84 Å². The first-order valence-corrected chi connectivity index (χ1v) is 7.79. The zero-order valence-electron chi connectivity index (χ0n) is 11.7. The van der Waals surface area contributed by atoms with Crippen molar-refractivity contribution in [1.29, 1.82) is 0 Å². The minimum absolute atomic E-state index is 0.0607. The van der Waals surface area contributed by atoms with Gasteiger partial charge in [-0.3, -0.25) is 4.79 Å². The maximum absolute atomic E-state index is 11.9. The molecule has 0 fully saturated rings. The number of carbonyl (C=O) groups excluding carboxylic acids is 1. The lowest BCUT2D eigenvalue weighted by Crippen LogP contribution is -2.51. The van der Waals surface area contributed by atoms with Gasteiger partial charge < -0.3 is 10.4 Å². The summed E-state index contributed by atoms with van der Waals surface area (Å²) in [7, 11) is -3.73. The van der Waals surface area contributed by atoms with Gasteiger partial charge in [0.05, 0.1) is 4.90 Å². The lowest BCUT2D eigenvalue weighted by molar-refractivity contribution is -0.146. The van der Waals surface area contributed by atoms with E-state index in [1.54, 1.807) is 25.1 Å². The van der Waals surface area contributed by atoms with Crippen molar-refractivity contribution in [1.82, 2.24) is 5.32 Å². The second kappa shape index (κ2) is 6.53. The Hall–Kier alpha value is -2.15. The number of benzene rings is 1. The molecule has 1 atom stereocenters. The van der Waals surface area contributed by atoms with Gasteiger partial charge in [-0.25, -0.2) is 13.2 Å². The van der Waals surface area contributed by atoms with Gasteiger partial charge in [0.25, 0.3) is 0 Å². The van der Waals surface area contributed by atoms with Crippen LogP contribution in [0, 0.1) is 0 Å². The highest BCUT2D eigenvalue weighted by atomic mass is 32.2. The average molecular weight is 311 g/mol. The highest BCUT2D eigenvalue weighted by Gasteiger charge is 2.32. The number of hydrogen-bond acceptors (Lipinski definition) is 4. The molecule has 21 heavy (non-hydrogen) atoms. The van der Waals surface area contributed by atoms with E-state index in [0.717, 1.165) is 11.5 Å². The largest absolute Gasteiger partial charge is 0.480 e. The number of hydrogen-bond donors (Lipinski definition) is 2. The first-order chi connectivity index (χ1) is 9.71. The van der Waals surface area contributed by atoms with Crippen LogP contribution in [0.5, 0.6) is 0 Å². The predicted molar refractivity (Wildman–Crippen MR) is 77.2 cm³/mol. The molecule has 1 aromatic rings. The fourth-order valence-electron chi connectivity index (χ4n) is 1.45. The Bertz CT molecular complexity index is 651. The molecule has 1 aromatic carbocycles. The van der Waals surface area contributed by atoms with E-state index in [9.17, 15) is 18.0 Å². The van der Waals surface area contributed by atoms with Crippen LogP contribution < -0.4 is 5.32 Å². The number of amides is 1. The van der Waals surface area contributed by atoms with E-state index in [1.807, 2.05) is 0 Å². The fraction of sp³-hybridized carbons (Fsp3) is 0.286. The van der Waals surface area contributed by atoms with Crippen LogP contribution in [0.2, 0.25) is 0 Å². The first-order valence-electron chi connectivity index (χ1n) is 6.25. The van der Waals surface area contributed by atoms with Gasteiger partial charge in [0.1, 0.15) is 5.54 Å². The number of carboxylic acids is 1. The van der Waals surface area contributed by atoms with E-state index in [2.05, 4.69) is 5.32 Å². The number of sulfone groups is 1. The Kier molecular flexibility index (Phi) is 5.26. The van der Waals surface area contributed by atoms with Crippen molar-refractivity contribution in [2.75, 3.05) is 0 Å². The average Bonchev–Trinajstić information content (AvgIpc) is 2.46. The lowest BCUT2D eigenvalue weighted by Gasteiger charge is -2.23. The van der Waals surface area contributed by atoms with Crippen molar-refractivity contribution in [2.24, 2.45) is 0 Å². The zero-order chi connectivity index (χ0) is 16.1. The highest BCUT2D eigenvalue weighted by molar-refractivity contribution is 7.94. The number of nitrogens with one attached hydrogen (secondary N) is 1. The minimum atomic E-state index is -3.73. The van der Waals surface area contributed by atoms with E-state index in [-0.39, 0.29) is 11.3 Å². The van der Waals surface area contributed by atoms with Crippen LogP contribution in [0.1, 0.15) is 20.3 Å². The second-order valence-electron chi connectivity index (χ2n) is 4.64. The van der Waals surface area contributed by atoms with E-state index >= 15 is 0 Å². The van der Waals surface area contributed by atoms with E-state index in [0.29, 0.717) is 0 Å². The molecule has 0 aliphatic rings. The van der Waals surface area contributed by atoms with Crippen LogP contribution in [0.4, 0.5) is 0 Å². The summed E-state index contributed by atoms with van der Waals surface area (Å²) in [6.45, 7) is 2.96. The summed E-state index contributed by atoms with van der Waals surface area (Å²) in [4.78, 5) is 22.8. The molecule has 0 spiro atoms. The second-order valence-corrected chi connectivity index (χ2v) is 6.47. The molecule has 7 heteroatoms. The lowest BCUT2D eigenvalue weighted by atomic mass is 9.99. The molecule has 0 aliphatic carbocycles. The third-order valence-corrected chi connectivity index (χ3v) is 4.47. The minimum Gasteiger partial charge on any atom is -0.480 e. The molecule has 2 N–H and O–H groups in total. The van der Waals surface area contributed by atoms with E-state index in [4.69, 9.17) is 5.11 Å². The van der Waals surface area contributed by atoms with Gasteiger partial charge in [-0.1, -0.05) is 25.1 Å². The maximum Gasteiger partial charge on any atom is 0.329 e. The molecular formula is C14H17NO5S. The van der Waals surface area contributed by atoms with Gasteiger partial charge in [-0.2, -0.15) is 0 Å². The molecule has 0 saturated heterocycles. The molecule has 1 unspecified atom stereocenters. The number of carboxylic acid groups (broad SMARTS) is 1. The first kappa shape index (κ1) is 16.9. The Morgan fingerprint density at radius 1 is 1.29 bits per heavy atom. The van der Waals surface area contributed by atoms with Crippen LogP contribution in [-0.4, -0.2) is 30.9 Å². The highest BCUT2D eigenvalue weighted by Crippen LogP contribution is 2.12. The number of carbonyl (C=O) groups is 2. The Morgan fingerprint density at radius 3 is 2.33 bits per heavy atom. The SMILES string of the molecule is CCC(C)(NC(=O)C=CS(=O)(=O)c1ccccc1)C(=O)O. The molecule has 0 aromatic heterocycles. The van der Waals surface area contributed by atoms with E-state index in [1.165, 1.54) is 19.1 Å². The molecule has 0 bridgehead atoms. The van der Waals surface area contributed by atoms with Gasteiger partial charge in [0, 0.05) is 11.5 Å². The summed E-state index contributed by atoms with van der Waals surface area (Å²) >= 11 is 0. The monoisotopic (exact) mass is 311 g/mol. The maximum atomic E-state index is 11.9. The fourth-order valence-corrected chi connectivity index (χ4v) is 2.44. The van der Waals surface area contributed by atoms with E-state index < -0.39 is 27.3 Å². The standard InChI is InChI=1S/C14H17NO5S/c1-3-14(2,13(17)18)15-12(16)9-10-21(19,20)11-7-5-4-6-8-11/h4-10H,3H2,1-2H3,(H,15,16)(H,17,18). The third kappa shape index (κ3) is 4.42. The van der Waals surface area contributed by atoms with Gasteiger partial charge in [-0.05, 0) is 25.5 Å². The molecule has 114 valence electrons. The van der Waals surface area contributed by atoms with Crippen molar-refractivity contribution < 1.29 is 23.1 Å². The van der Waals surface area contributed by atoms with Crippen molar-refractivity contribution in [3.8, 4) is 0 Å². The van der Waals surface area contributed by atoms with Crippen molar-refractivity contribution in [2.45, 2.75) is 30.7 Å². The summed E-state index contributed by atoms with van der Waals surface area (Å²) in [6, 6.07) is 7.63. The van der Waals surface area contributed by atoms with Crippen LogP contribution >= 0.6 is 0 Å². The molecule has 0 heterocycles. The predicted octanol–water partition coefficient (Wildman–Crippen LogP) is 1.34. The van der Waals surface area contributed by atoms with Crippen LogP contribution in [0.15, 0.2) is 46.7 Å². The Labute approximate surface area is 123 Å². The molecule has 1 rings (SSSR count). The Balaban J connectivity index is 2.86. The molecule has 0 radical (unpaired) electrons. The summed E-state index contributed by atoms with van der Waals surface area (Å²) in [6.07, 6.45) is 0.993. The molecule has 1 amide bonds. The summed E-state index contributed by atoms with van der Waals surface area (Å²) in [5.41, 5.74) is -1.43. The summed E-state index contributed by atoms with van der Waals surface area (Å²) in [5.74, 6) is -1.96. The summed E-state index contributed by atoms with van der Waals surface area (Å²) < 4.78 is 23.8. The molecule has 6 nitrogen and oxygen atoms in total. The smallest absolute Gasteiger partial charge is 0.329 e. The van der Waals surface area contributed by atoms with Gasteiger partial charge in [-0.15, -0.1) is 0 Å². The number of aliphatic carboxylic acids is 1. The van der Waals surface area contributed by atoms with Crippen LogP contribution in [-0.2, 0) is 19.4 Å². The normalized spacial score (nSPS) is 14.6. The van der Waals surface area contributed by atoms with Gasteiger partial charge >= 0.3 is 5.97 Å². The third-order valence-electron chi connectivity index (χ3n) is 3.05. The van der Waals surface area contributed by atoms with Gasteiger partial charge in [0.2, 0.25) is 5.91 Å². The summed E-state index contributed by atoms with van der Waals surface area (Å²) in [5, 5.41) is 12.1. The molecule has 0 saturated carbocycles. The van der Waals surface area contributed by atoms with Crippen LogP contribution in [0.25, 0.3) is 0 Å². The van der Waals surface area contributed by atoms with Crippen molar-refractivity contribution in [3.63, 3.8) is 0 Å². The molecular weight excluding hydrogens is 294 g/mol. The van der Waals surface area contributed by atoms with Crippen molar-refractivity contribution >= 4 is 21.7 Å². The number of rotatable bonds is 6. The van der Waals surface area contributed by atoms with Crippen LogP contribution in [0.3, 0.4) is 0 Å². The molecule has 0 aliphatic heterocycles. The zero-order valence-corrected chi connectivity index (χ0v) is 12.6. The quantitative estimate of drug-likeness (QED) is 0.772. The topological polar surface area (TPSA) is 101 Å². The van der Waals surface area contributed by atoms with Crippen molar-refractivity contribution in [3.05, 3.63) is 41.8 Å².